The molecule has 0 bridgehead atoms. The SMILES string of the molecule is CCN(CC)c1ccc(/C=C2/SC(=O)N(CNc3cc(C)ccc3C)C2=O)cc1. The molecule has 0 radical (unpaired) electrons. The molecule has 2 amide bonds. The van der Waals surface area contributed by atoms with Crippen LogP contribution in [0.5, 0.6) is 0 Å². The Labute approximate surface area is 176 Å². The lowest BCUT2D eigenvalue weighted by Gasteiger charge is -2.20. The van der Waals surface area contributed by atoms with Crippen molar-refractivity contribution in [3.8, 4) is 0 Å². The number of imide groups is 1. The standard InChI is InChI=1S/C23H27N3O2S/c1-5-25(6-2)19-11-9-18(10-12-19)14-21-22(27)26(23(28)29-21)15-24-20-13-16(3)7-8-17(20)4/h7-14,24H,5-6,15H2,1-4H3/b21-14+. The molecule has 5 nitrogen and oxygen atoms in total. The van der Waals surface area contributed by atoms with Gasteiger partial charge >= 0.3 is 0 Å². The van der Waals surface area contributed by atoms with Gasteiger partial charge in [-0.2, -0.15) is 0 Å². The highest BCUT2D eigenvalue weighted by Gasteiger charge is 2.34. The van der Waals surface area contributed by atoms with E-state index >= 15 is 0 Å². The molecule has 2 aromatic carbocycles. The van der Waals surface area contributed by atoms with Crippen LogP contribution in [0.25, 0.3) is 6.08 Å². The van der Waals surface area contributed by atoms with E-state index in [1.165, 1.54) is 4.90 Å². The first-order chi connectivity index (χ1) is 13.9. The Bertz CT molecular complexity index is 934. The Morgan fingerprint density at radius 2 is 1.72 bits per heavy atom. The van der Waals surface area contributed by atoms with Gasteiger partial charge < -0.3 is 10.2 Å². The quantitative estimate of drug-likeness (QED) is 0.633. The van der Waals surface area contributed by atoms with Crippen LogP contribution in [0, 0.1) is 13.8 Å². The van der Waals surface area contributed by atoms with Crippen molar-refractivity contribution in [3.05, 3.63) is 64.1 Å². The van der Waals surface area contributed by atoms with E-state index in [2.05, 4.69) is 24.1 Å². The Morgan fingerprint density at radius 3 is 2.38 bits per heavy atom. The third-order valence-corrected chi connectivity index (χ3v) is 5.92. The van der Waals surface area contributed by atoms with Crippen LogP contribution >= 0.6 is 11.8 Å². The fourth-order valence-corrected chi connectivity index (χ4v) is 4.09. The summed E-state index contributed by atoms with van der Waals surface area (Å²) in [6.45, 7) is 10.3. The first kappa shape index (κ1) is 21.0. The van der Waals surface area contributed by atoms with Crippen LogP contribution in [0.15, 0.2) is 47.4 Å². The van der Waals surface area contributed by atoms with Gasteiger partial charge in [-0.1, -0.05) is 24.3 Å². The molecule has 3 rings (SSSR count). The van der Waals surface area contributed by atoms with Crippen LogP contribution in [0.1, 0.15) is 30.5 Å². The number of aryl methyl sites for hydroxylation is 2. The second-order valence-electron chi connectivity index (χ2n) is 7.03. The molecule has 29 heavy (non-hydrogen) atoms. The fourth-order valence-electron chi connectivity index (χ4n) is 3.25. The highest BCUT2D eigenvalue weighted by atomic mass is 32.2. The van der Waals surface area contributed by atoms with Gasteiger partial charge in [-0.15, -0.1) is 0 Å². The lowest BCUT2D eigenvalue weighted by Crippen LogP contribution is -2.33. The molecule has 0 aromatic heterocycles. The van der Waals surface area contributed by atoms with E-state index in [1.807, 2.05) is 56.3 Å². The van der Waals surface area contributed by atoms with Crippen LogP contribution in [-0.4, -0.2) is 35.8 Å². The minimum atomic E-state index is -0.259. The summed E-state index contributed by atoms with van der Waals surface area (Å²) >= 11 is 0.987. The first-order valence-electron chi connectivity index (χ1n) is 9.84. The molecule has 1 fully saturated rings. The van der Waals surface area contributed by atoms with Crippen molar-refractivity contribution in [3.63, 3.8) is 0 Å². The number of hydrogen-bond donors (Lipinski definition) is 1. The molecule has 6 heteroatoms. The average molecular weight is 410 g/mol. The van der Waals surface area contributed by atoms with Crippen LogP contribution in [0.3, 0.4) is 0 Å². The van der Waals surface area contributed by atoms with E-state index in [-0.39, 0.29) is 17.8 Å². The van der Waals surface area contributed by atoms with Crippen molar-refractivity contribution in [2.24, 2.45) is 0 Å². The number of amides is 2. The molecule has 1 aliphatic rings. The van der Waals surface area contributed by atoms with Crippen LogP contribution in [0.4, 0.5) is 16.2 Å². The van der Waals surface area contributed by atoms with Crippen molar-refractivity contribution in [2.75, 3.05) is 30.0 Å². The van der Waals surface area contributed by atoms with Crippen molar-refractivity contribution in [2.45, 2.75) is 27.7 Å². The minimum Gasteiger partial charge on any atom is -0.372 e. The highest BCUT2D eigenvalue weighted by Crippen LogP contribution is 2.32. The topological polar surface area (TPSA) is 52.7 Å². The maximum Gasteiger partial charge on any atom is 0.295 e. The fraction of sp³-hybridized carbons (Fsp3) is 0.304. The van der Waals surface area contributed by atoms with Crippen molar-refractivity contribution in [1.29, 1.82) is 0 Å². The summed E-state index contributed by atoms with van der Waals surface area (Å²) < 4.78 is 0. The lowest BCUT2D eigenvalue weighted by molar-refractivity contribution is -0.122. The molecule has 0 unspecified atom stereocenters. The summed E-state index contributed by atoms with van der Waals surface area (Å²) in [5.41, 5.74) is 5.19. The third kappa shape index (κ3) is 4.82. The van der Waals surface area contributed by atoms with Crippen LogP contribution in [0.2, 0.25) is 0 Å². The Morgan fingerprint density at radius 1 is 1.03 bits per heavy atom. The monoisotopic (exact) mass is 409 g/mol. The predicted molar refractivity (Wildman–Crippen MR) is 122 cm³/mol. The van der Waals surface area contributed by atoms with E-state index in [0.717, 1.165) is 52.9 Å². The Hall–Kier alpha value is -2.73. The van der Waals surface area contributed by atoms with Gasteiger partial charge in [0, 0.05) is 24.5 Å². The molecule has 2 aromatic rings. The normalized spacial score (nSPS) is 15.3. The molecule has 1 heterocycles. The molecule has 1 aliphatic heterocycles. The minimum absolute atomic E-state index is 0.160. The third-order valence-electron chi connectivity index (χ3n) is 5.01. The van der Waals surface area contributed by atoms with E-state index in [9.17, 15) is 9.59 Å². The number of thioether (sulfide) groups is 1. The van der Waals surface area contributed by atoms with Gasteiger partial charge in [0.05, 0.1) is 11.6 Å². The molecular weight excluding hydrogens is 382 g/mol. The zero-order chi connectivity index (χ0) is 21.0. The average Bonchev–Trinajstić information content (AvgIpc) is 2.97. The molecule has 0 saturated carbocycles. The number of carbonyl (C=O) groups is 2. The summed E-state index contributed by atoms with van der Waals surface area (Å²) in [5.74, 6) is -0.259. The van der Waals surface area contributed by atoms with Crippen LogP contribution in [-0.2, 0) is 4.79 Å². The molecule has 0 spiro atoms. The van der Waals surface area contributed by atoms with E-state index in [1.54, 1.807) is 6.08 Å². The largest absolute Gasteiger partial charge is 0.372 e. The highest BCUT2D eigenvalue weighted by molar-refractivity contribution is 8.18. The first-order valence-corrected chi connectivity index (χ1v) is 10.7. The number of hydrogen-bond acceptors (Lipinski definition) is 5. The number of rotatable bonds is 7. The van der Waals surface area contributed by atoms with Crippen molar-refractivity contribution in [1.82, 2.24) is 4.90 Å². The van der Waals surface area contributed by atoms with E-state index in [0.29, 0.717) is 4.91 Å². The second kappa shape index (κ2) is 9.18. The lowest BCUT2D eigenvalue weighted by atomic mass is 10.1. The summed E-state index contributed by atoms with van der Waals surface area (Å²) in [7, 11) is 0. The molecule has 0 aliphatic carbocycles. The van der Waals surface area contributed by atoms with Crippen LogP contribution < -0.4 is 10.2 Å². The van der Waals surface area contributed by atoms with Gasteiger partial charge in [-0.05, 0) is 80.4 Å². The number of nitrogens with one attached hydrogen (secondary N) is 1. The van der Waals surface area contributed by atoms with Gasteiger partial charge in [0.1, 0.15) is 0 Å². The van der Waals surface area contributed by atoms with Gasteiger partial charge in [-0.3, -0.25) is 14.5 Å². The second-order valence-corrected chi connectivity index (χ2v) is 8.02. The number of anilines is 2. The van der Waals surface area contributed by atoms with Crippen molar-refractivity contribution >= 4 is 40.4 Å². The van der Waals surface area contributed by atoms with Gasteiger partial charge in [0.25, 0.3) is 11.1 Å². The zero-order valence-electron chi connectivity index (χ0n) is 17.4. The van der Waals surface area contributed by atoms with Gasteiger partial charge in [0.15, 0.2) is 0 Å². The van der Waals surface area contributed by atoms with Gasteiger partial charge in [-0.25, -0.2) is 0 Å². The van der Waals surface area contributed by atoms with E-state index in [4.69, 9.17) is 0 Å². The Kier molecular flexibility index (Phi) is 6.64. The summed E-state index contributed by atoms with van der Waals surface area (Å²) in [6.07, 6.45) is 1.79. The predicted octanol–water partition coefficient (Wildman–Crippen LogP) is 5.26. The summed E-state index contributed by atoms with van der Waals surface area (Å²) in [5, 5.41) is 2.96. The van der Waals surface area contributed by atoms with Gasteiger partial charge in [0.2, 0.25) is 0 Å². The molecule has 1 saturated heterocycles. The molecular formula is C23H27N3O2S. The summed E-state index contributed by atoms with van der Waals surface area (Å²) in [6, 6.07) is 14.1. The molecule has 1 N–H and O–H groups in total. The maximum absolute atomic E-state index is 12.7. The number of carbonyl (C=O) groups excluding carboxylic acids is 2. The van der Waals surface area contributed by atoms with E-state index < -0.39 is 0 Å². The molecule has 152 valence electrons. The number of benzene rings is 2. The smallest absolute Gasteiger partial charge is 0.295 e. The van der Waals surface area contributed by atoms with Crippen molar-refractivity contribution < 1.29 is 9.59 Å². The summed E-state index contributed by atoms with van der Waals surface area (Å²) in [4.78, 5) is 29.1. The maximum atomic E-state index is 12.7. The Balaban J connectivity index is 1.70. The molecule has 0 atom stereocenters. The number of nitrogens with zero attached hydrogens (tertiary/aromatic N) is 2. The zero-order valence-corrected chi connectivity index (χ0v) is 18.2.